The van der Waals surface area contributed by atoms with E-state index < -0.39 is 0 Å². The summed E-state index contributed by atoms with van der Waals surface area (Å²) >= 11 is 0. The van der Waals surface area contributed by atoms with Crippen LogP contribution in [0, 0.1) is 0 Å². The average molecular weight is 249 g/mol. The molecule has 0 spiro atoms. The zero-order chi connectivity index (χ0) is 12.9. The number of rotatable bonds is 3. The minimum absolute atomic E-state index is 0.654. The standard InChI is InChI=1S/C15H11N3O/c1-2-4-13(5-3-1)19-14-8-6-12(7-9-14)15-17-10-16-11-18-15/h1-11H. The van der Waals surface area contributed by atoms with E-state index in [0.29, 0.717) is 5.82 Å². The van der Waals surface area contributed by atoms with Gasteiger partial charge in [0.15, 0.2) is 5.82 Å². The van der Waals surface area contributed by atoms with Gasteiger partial charge in [-0.05, 0) is 36.4 Å². The normalized spacial score (nSPS) is 10.1. The van der Waals surface area contributed by atoms with E-state index in [0.717, 1.165) is 17.1 Å². The first-order valence-corrected chi connectivity index (χ1v) is 5.87. The summed E-state index contributed by atoms with van der Waals surface area (Å²) in [4.78, 5) is 12.0. The van der Waals surface area contributed by atoms with Crippen molar-refractivity contribution in [2.24, 2.45) is 0 Å². The molecule has 0 amide bonds. The van der Waals surface area contributed by atoms with Crippen LogP contribution in [-0.4, -0.2) is 15.0 Å². The lowest BCUT2D eigenvalue weighted by atomic mass is 10.2. The maximum absolute atomic E-state index is 5.72. The SMILES string of the molecule is c1ccc(Oc2ccc(-c3ncncn3)cc2)cc1. The predicted molar refractivity (Wildman–Crippen MR) is 71.8 cm³/mol. The molecule has 1 heterocycles. The Bertz CT molecular complexity index is 639. The highest BCUT2D eigenvalue weighted by Crippen LogP contribution is 2.23. The number of ether oxygens (including phenoxy) is 1. The molecule has 0 aliphatic heterocycles. The molecular weight excluding hydrogens is 238 g/mol. The van der Waals surface area contributed by atoms with Crippen LogP contribution in [0.3, 0.4) is 0 Å². The van der Waals surface area contributed by atoms with Crippen LogP contribution in [0.15, 0.2) is 67.3 Å². The molecule has 0 unspecified atom stereocenters. The molecule has 0 radical (unpaired) electrons. The number of hydrogen-bond donors (Lipinski definition) is 0. The quantitative estimate of drug-likeness (QED) is 0.714. The zero-order valence-electron chi connectivity index (χ0n) is 10.1. The molecule has 4 nitrogen and oxygen atoms in total. The minimum atomic E-state index is 0.654. The van der Waals surface area contributed by atoms with Gasteiger partial charge in [0, 0.05) is 5.56 Å². The van der Waals surface area contributed by atoms with Crippen molar-refractivity contribution < 1.29 is 4.74 Å². The van der Waals surface area contributed by atoms with Crippen molar-refractivity contribution in [3.8, 4) is 22.9 Å². The maximum atomic E-state index is 5.72. The lowest BCUT2D eigenvalue weighted by molar-refractivity contribution is 0.483. The van der Waals surface area contributed by atoms with Gasteiger partial charge in [0.05, 0.1) is 0 Å². The highest BCUT2D eigenvalue weighted by Gasteiger charge is 2.01. The molecular formula is C15H11N3O. The van der Waals surface area contributed by atoms with Crippen LogP contribution in [0.4, 0.5) is 0 Å². The van der Waals surface area contributed by atoms with Crippen LogP contribution < -0.4 is 4.74 Å². The summed E-state index contributed by atoms with van der Waals surface area (Å²) in [5.41, 5.74) is 0.933. The highest BCUT2D eigenvalue weighted by atomic mass is 16.5. The fraction of sp³-hybridized carbons (Fsp3) is 0. The van der Waals surface area contributed by atoms with Crippen LogP contribution in [0.25, 0.3) is 11.4 Å². The topological polar surface area (TPSA) is 47.9 Å². The smallest absolute Gasteiger partial charge is 0.162 e. The molecule has 1 aromatic heterocycles. The molecule has 3 rings (SSSR count). The van der Waals surface area contributed by atoms with Gasteiger partial charge < -0.3 is 4.74 Å². The molecule has 92 valence electrons. The molecule has 0 saturated carbocycles. The molecule has 0 N–H and O–H groups in total. The van der Waals surface area contributed by atoms with Gasteiger partial charge in [-0.2, -0.15) is 0 Å². The van der Waals surface area contributed by atoms with Gasteiger partial charge in [-0.15, -0.1) is 0 Å². The Morgan fingerprint density at radius 1 is 0.684 bits per heavy atom. The summed E-state index contributed by atoms with van der Waals surface area (Å²) in [6.07, 6.45) is 2.97. The first-order chi connectivity index (χ1) is 9.42. The largest absolute Gasteiger partial charge is 0.457 e. The number of aromatic nitrogens is 3. The van der Waals surface area contributed by atoms with Crippen molar-refractivity contribution in [1.82, 2.24) is 15.0 Å². The Morgan fingerprint density at radius 2 is 1.32 bits per heavy atom. The molecule has 0 bridgehead atoms. The highest BCUT2D eigenvalue weighted by molar-refractivity contribution is 5.55. The van der Waals surface area contributed by atoms with Crippen LogP contribution in [-0.2, 0) is 0 Å². The van der Waals surface area contributed by atoms with Gasteiger partial charge >= 0.3 is 0 Å². The molecule has 0 aliphatic carbocycles. The lowest BCUT2D eigenvalue weighted by Gasteiger charge is -2.05. The van der Waals surface area contributed by atoms with Crippen molar-refractivity contribution in [2.45, 2.75) is 0 Å². The Balaban J connectivity index is 1.80. The van der Waals surface area contributed by atoms with Gasteiger partial charge in [-0.3, -0.25) is 0 Å². The monoisotopic (exact) mass is 249 g/mol. The fourth-order valence-corrected chi connectivity index (χ4v) is 1.68. The zero-order valence-corrected chi connectivity index (χ0v) is 10.1. The van der Waals surface area contributed by atoms with Crippen molar-refractivity contribution in [1.29, 1.82) is 0 Å². The van der Waals surface area contributed by atoms with Crippen LogP contribution in [0.2, 0.25) is 0 Å². The third-order valence-corrected chi connectivity index (χ3v) is 2.58. The van der Waals surface area contributed by atoms with Gasteiger partial charge in [0.1, 0.15) is 24.2 Å². The van der Waals surface area contributed by atoms with Gasteiger partial charge in [-0.25, -0.2) is 15.0 Å². The number of para-hydroxylation sites is 1. The van der Waals surface area contributed by atoms with Crippen molar-refractivity contribution in [3.63, 3.8) is 0 Å². The Hall–Kier alpha value is -2.75. The van der Waals surface area contributed by atoms with E-state index in [9.17, 15) is 0 Å². The third kappa shape index (κ3) is 2.74. The van der Waals surface area contributed by atoms with Crippen LogP contribution in [0.5, 0.6) is 11.5 Å². The fourth-order valence-electron chi connectivity index (χ4n) is 1.68. The van der Waals surface area contributed by atoms with Gasteiger partial charge in [0.25, 0.3) is 0 Å². The molecule has 0 aliphatic rings. The summed E-state index contributed by atoms with van der Waals surface area (Å²) in [6.45, 7) is 0. The number of hydrogen-bond acceptors (Lipinski definition) is 4. The predicted octanol–water partition coefficient (Wildman–Crippen LogP) is 3.33. The van der Waals surface area contributed by atoms with E-state index >= 15 is 0 Å². The van der Waals surface area contributed by atoms with Crippen LogP contribution in [0.1, 0.15) is 0 Å². The van der Waals surface area contributed by atoms with Crippen LogP contribution >= 0.6 is 0 Å². The number of nitrogens with zero attached hydrogens (tertiary/aromatic N) is 3. The van der Waals surface area contributed by atoms with Crippen molar-refractivity contribution >= 4 is 0 Å². The van der Waals surface area contributed by atoms with Crippen molar-refractivity contribution in [3.05, 3.63) is 67.3 Å². The van der Waals surface area contributed by atoms with E-state index in [1.54, 1.807) is 0 Å². The molecule has 0 fully saturated rings. The maximum Gasteiger partial charge on any atom is 0.162 e. The molecule has 3 aromatic rings. The summed E-state index contributed by atoms with van der Waals surface area (Å²) in [5.74, 6) is 2.25. The molecule has 4 heteroatoms. The molecule has 2 aromatic carbocycles. The summed E-state index contributed by atoms with van der Waals surface area (Å²) in [5, 5.41) is 0. The molecule has 19 heavy (non-hydrogen) atoms. The van der Waals surface area contributed by atoms with Crippen molar-refractivity contribution in [2.75, 3.05) is 0 Å². The van der Waals surface area contributed by atoms with Gasteiger partial charge in [-0.1, -0.05) is 18.2 Å². The lowest BCUT2D eigenvalue weighted by Crippen LogP contribution is -1.89. The Morgan fingerprint density at radius 3 is 2.00 bits per heavy atom. The molecule has 0 saturated heterocycles. The van der Waals surface area contributed by atoms with E-state index in [1.165, 1.54) is 12.7 Å². The van der Waals surface area contributed by atoms with Gasteiger partial charge in [0.2, 0.25) is 0 Å². The Labute approximate surface area is 110 Å². The average Bonchev–Trinajstić information content (AvgIpc) is 2.50. The summed E-state index contributed by atoms with van der Waals surface area (Å²) < 4.78 is 5.72. The van der Waals surface area contributed by atoms with E-state index in [1.807, 2.05) is 54.6 Å². The van der Waals surface area contributed by atoms with E-state index in [4.69, 9.17) is 4.74 Å². The summed E-state index contributed by atoms with van der Waals surface area (Å²) in [6, 6.07) is 17.3. The second-order valence-electron chi connectivity index (χ2n) is 3.90. The Kier molecular flexibility index (Phi) is 3.14. The van der Waals surface area contributed by atoms with E-state index in [2.05, 4.69) is 15.0 Å². The third-order valence-electron chi connectivity index (χ3n) is 2.58. The first-order valence-electron chi connectivity index (χ1n) is 5.87. The number of benzene rings is 2. The first kappa shape index (κ1) is 11.3. The van der Waals surface area contributed by atoms with E-state index in [-0.39, 0.29) is 0 Å². The molecule has 0 atom stereocenters. The summed E-state index contributed by atoms with van der Waals surface area (Å²) in [7, 11) is 0. The second-order valence-corrected chi connectivity index (χ2v) is 3.90. The second kappa shape index (κ2) is 5.27. The minimum Gasteiger partial charge on any atom is -0.457 e.